The molecule has 1 amide bonds. The van der Waals surface area contributed by atoms with Gasteiger partial charge in [-0.1, -0.05) is 12.8 Å². The van der Waals surface area contributed by atoms with Crippen molar-refractivity contribution >= 4 is 11.7 Å². The summed E-state index contributed by atoms with van der Waals surface area (Å²) in [6.45, 7) is 7.30. The fraction of sp³-hybridized carbons (Fsp3) is 0.714. The standard InChI is InChI=1S/C21H35N5O2/c1-13-10-18(21(28)24-15(3)22)20(23-14(13)2)26-9-8-19(16(11-26)12-27)25-17-6-4-5-7-17/h10,15-17,19,25,27H,4-9,11-12,22H2,1-3H3,(H,24,28). The number of aliphatic hydroxyl groups is 1. The van der Waals surface area contributed by atoms with Crippen LogP contribution in [0.2, 0.25) is 0 Å². The number of hydrogen-bond acceptors (Lipinski definition) is 6. The van der Waals surface area contributed by atoms with Gasteiger partial charge in [0, 0.05) is 43.4 Å². The van der Waals surface area contributed by atoms with Crippen LogP contribution in [0.1, 0.15) is 60.6 Å². The summed E-state index contributed by atoms with van der Waals surface area (Å²) >= 11 is 0. The van der Waals surface area contributed by atoms with Gasteiger partial charge < -0.3 is 26.4 Å². The van der Waals surface area contributed by atoms with E-state index in [1.807, 2.05) is 19.9 Å². The Hall–Kier alpha value is -1.70. The first-order valence-electron chi connectivity index (χ1n) is 10.6. The average Bonchev–Trinajstić information content (AvgIpc) is 3.16. The molecular formula is C21H35N5O2. The molecule has 1 aliphatic carbocycles. The molecule has 5 N–H and O–H groups in total. The molecule has 0 aromatic carbocycles. The first kappa shape index (κ1) is 21.0. The summed E-state index contributed by atoms with van der Waals surface area (Å²) in [5, 5.41) is 16.6. The molecule has 3 rings (SSSR count). The van der Waals surface area contributed by atoms with Gasteiger partial charge in [-0.2, -0.15) is 0 Å². The minimum absolute atomic E-state index is 0.127. The van der Waals surface area contributed by atoms with Crippen LogP contribution < -0.4 is 21.3 Å². The lowest BCUT2D eigenvalue weighted by Gasteiger charge is -2.40. The van der Waals surface area contributed by atoms with Crippen molar-refractivity contribution in [3.8, 4) is 0 Å². The zero-order valence-corrected chi connectivity index (χ0v) is 17.4. The number of nitrogens with zero attached hydrogens (tertiary/aromatic N) is 2. The highest BCUT2D eigenvalue weighted by atomic mass is 16.3. The molecular weight excluding hydrogens is 354 g/mol. The van der Waals surface area contributed by atoms with Crippen LogP contribution in [-0.4, -0.2) is 53.9 Å². The van der Waals surface area contributed by atoms with Crippen LogP contribution in [0.3, 0.4) is 0 Å². The maximum atomic E-state index is 12.7. The Bertz CT molecular complexity index is 688. The van der Waals surface area contributed by atoms with Gasteiger partial charge in [0.05, 0.1) is 11.7 Å². The molecule has 0 radical (unpaired) electrons. The lowest BCUT2D eigenvalue weighted by molar-refractivity contribution is 0.0941. The van der Waals surface area contributed by atoms with E-state index < -0.39 is 6.17 Å². The van der Waals surface area contributed by atoms with E-state index >= 15 is 0 Å². The molecule has 2 fully saturated rings. The van der Waals surface area contributed by atoms with E-state index in [-0.39, 0.29) is 18.4 Å². The molecule has 1 saturated carbocycles. The van der Waals surface area contributed by atoms with Crippen molar-refractivity contribution in [1.29, 1.82) is 0 Å². The number of aryl methyl sites for hydroxylation is 2. The van der Waals surface area contributed by atoms with E-state index in [1.54, 1.807) is 6.92 Å². The maximum Gasteiger partial charge on any atom is 0.256 e. The van der Waals surface area contributed by atoms with Gasteiger partial charge in [0.25, 0.3) is 5.91 Å². The molecule has 2 aliphatic rings. The summed E-state index contributed by atoms with van der Waals surface area (Å²) in [4.78, 5) is 19.6. The Kier molecular flexibility index (Phi) is 6.91. The van der Waals surface area contributed by atoms with Crippen LogP contribution in [0.25, 0.3) is 0 Å². The number of nitrogens with two attached hydrogens (primary N) is 1. The van der Waals surface area contributed by atoms with E-state index in [9.17, 15) is 9.90 Å². The molecule has 0 spiro atoms. The number of aliphatic hydroxyl groups excluding tert-OH is 1. The number of rotatable bonds is 6. The van der Waals surface area contributed by atoms with Gasteiger partial charge in [0.15, 0.2) is 0 Å². The minimum Gasteiger partial charge on any atom is -0.396 e. The monoisotopic (exact) mass is 389 g/mol. The lowest BCUT2D eigenvalue weighted by Crippen LogP contribution is -2.53. The van der Waals surface area contributed by atoms with Crippen molar-refractivity contribution in [2.75, 3.05) is 24.6 Å². The van der Waals surface area contributed by atoms with Crippen LogP contribution in [0.5, 0.6) is 0 Å². The normalized spacial score (nSPS) is 24.4. The summed E-state index contributed by atoms with van der Waals surface area (Å²) in [5.74, 6) is 0.619. The van der Waals surface area contributed by atoms with Gasteiger partial charge in [0.2, 0.25) is 0 Å². The van der Waals surface area contributed by atoms with Crippen molar-refractivity contribution in [2.24, 2.45) is 11.7 Å². The Labute approximate surface area is 168 Å². The predicted molar refractivity (Wildman–Crippen MR) is 111 cm³/mol. The predicted octanol–water partition coefficient (Wildman–Crippen LogP) is 1.45. The molecule has 1 aromatic rings. The van der Waals surface area contributed by atoms with Crippen LogP contribution in [-0.2, 0) is 0 Å². The van der Waals surface area contributed by atoms with Gasteiger partial charge in [-0.15, -0.1) is 0 Å². The summed E-state index contributed by atoms with van der Waals surface area (Å²) in [6.07, 6.45) is 5.58. The number of amides is 1. The molecule has 0 bridgehead atoms. The van der Waals surface area contributed by atoms with E-state index in [4.69, 9.17) is 10.7 Å². The summed E-state index contributed by atoms with van der Waals surface area (Å²) < 4.78 is 0. The van der Waals surface area contributed by atoms with Crippen molar-refractivity contribution in [3.05, 3.63) is 22.9 Å². The molecule has 1 aromatic heterocycles. The topological polar surface area (TPSA) is 104 Å². The lowest BCUT2D eigenvalue weighted by atomic mass is 9.91. The molecule has 3 unspecified atom stereocenters. The van der Waals surface area contributed by atoms with E-state index in [0.717, 1.165) is 24.2 Å². The van der Waals surface area contributed by atoms with Gasteiger partial charge in [-0.25, -0.2) is 4.98 Å². The van der Waals surface area contributed by atoms with Crippen molar-refractivity contribution in [1.82, 2.24) is 15.6 Å². The zero-order chi connectivity index (χ0) is 20.3. The zero-order valence-electron chi connectivity index (χ0n) is 17.4. The highest BCUT2D eigenvalue weighted by molar-refractivity contribution is 5.99. The number of anilines is 1. The highest BCUT2D eigenvalue weighted by Crippen LogP contribution is 2.28. The number of piperidine rings is 1. The molecule has 7 heteroatoms. The molecule has 7 nitrogen and oxygen atoms in total. The molecule has 3 atom stereocenters. The molecule has 2 heterocycles. The third kappa shape index (κ3) is 4.82. The number of hydrogen-bond donors (Lipinski definition) is 4. The van der Waals surface area contributed by atoms with E-state index in [2.05, 4.69) is 15.5 Å². The number of carbonyl (C=O) groups excluding carboxylic acids is 1. The summed E-state index contributed by atoms with van der Waals surface area (Å²) in [6, 6.07) is 2.79. The number of aromatic nitrogens is 1. The first-order valence-corrected chi connectivity index (χ1v) is 10.6. The molecule has 1 aliphatic heterocycles. The number of nitrogens with one attached hydrogen (secondary N) is 2. The molecule has 1 saturated heterocycles. The largest absolute Gasteiger partial charge is 0.396 e. The van der Waals surface area contributed by atoms with Gasteiger partial charge in [0.1, 0.15) is 5.82 Å². The molecule has 28 heavy (non-hydrogen) atoms. The van der Waals surface area contributed by atoms with E-state index in [1.165, 1.54) is 25.7 Å². The Morgan fingerprint density at radius 1 is 1.36 bits per heavy atom. The van der Waals surface area contributed by atoms with Gasteiger partial charge in [-0.3, -0.25) is 4.79 Å². The van der Waals surface area contributed by atoms with Crippen LogP contribution in [0.15, 0.2) is 6.07 Å². The Balaban J connectivity index is 1.79. The quantitative estimate of drug-likeness (QED) is 0.549. The SMILES string of the molecule is Cc1cc(C(=O)NC(C)N)c(N2CCC(NC3CCCC3)C(CO)C2)nc1C. The van der Waals surface area contributed by atoms with Gasteiger partial charge >= 0.3 is 0 Å². The second-order valence-electron chi connectivity index (χ2n) is 8.46. The third-order valence-corrected chi connectivity index (χ3v) is 6.12. The smallest absolute Gasteiger partial charge is 0.256 e. The minimum atomic E-state index is -0.423. The van der Waals surface area contributed by atoms with Crippen molar-refractivity contribution < 1.29 is 9.90 Å². The average molecular weight is 390 g/mol. The maximum absolute atomic E-state index is 12.7. The Morgan fingerprint density at radius 2 is 2.07 bits per heavy atom. The number of pyridine rings is 1. The fourth-order valence-electron chi connectivity index (χ4n) is 4.41. The molecule has 156 valence electrons. The van der Waals surface area contributed by atoms with Crippen molar-refractivity contribution in [2.45, 2.75) is 71.1 Å². The number of carbonyl (C=O) groups is 1. The summed E-state index contributed by atoms with van der Waals surface area (Å²) in [7, 11) is 0. The van der Waals surface area contributed by atoms with Crippen LogP contribution >= 0.6 is 0 Å². The summed E-state index contributed by atoms with van der Waals surface area (Å²) in [5.41, 5.74) is 8.21. The Morgan fingerprint density at radius 3 is 2.71 bits per heavy atom. The highest BCUT2D eigenvalue weighted by Gasteiger charge is 2.33. The van der Waals surface area contributed by atoms with Gasteiger partial charge in [-0.05, 0) is 51.7 Å². The second-order valence-corrected chi connectivity index (χ2v) is 8.46. The van der Waals surface area contributed by atoms with Crippen LogP contribution in [0, 0.1) is 19.8 Å². The first-order chi connectivity index (χ1) is 13.4. The fourth-order valence-corrected chi connectivity index (χ4v) is 4.41. The van der Waals surface area contributed by atoms with Crippen LogP contribution in [0.4, 0.5) is 5.82 Å². The third-order valence-electron chi connectivity index (χ3n) is 6.12. The van der Waals surface area contributed by atoms with Crippen molar-refractivity contribution in [3.63, 3.8) is 0 Å². The second kappa shape index (κ2) is 9.20. The van der Waals surface area contributed by atoms with E-state index in [0.29, 0.717) is 30.0 Å².